The first-order valence-corrected chi connectivity index (χ1v) is 4.04. The van der Waals surface area contributed by atoms with Crippen molar-refractivity contribution in [3.05, 3.63) is 0 Å². The maximum atomic E-state index is 8.92. The second kappa shape index (κ2) is 4.63. The molecule has 1 heterocycles. The molecule has 4 N–H and O–H groups in total. The van der Waals surface area contributed by atoms with Gasteiger partial charge in [-0.25, -0.2) is 0 Å². The van der Waals surface area contributed by atoms with E-state index < -0.39 is 12.5 Å². The summed E-state index contributed by atoms with van der Waals surface area (Å²) in [4.78, 5) is 0. The molecule has 0 saturated carbocycles. The smallest absolute Gasteiger partial charge is 0.264 e. The van der Waals surface area contributed by atoms with Gasteiger partial charge >= 0.3 is 0 Å². The minimum Gasteiger partial charge on any atom is -0.374 e. The third-order valence-corrected chi connectivity index (χ3v) is 1.15. The molecule has 1 aromatic heterocycles. The lowest BCUT2D eigenvalue weighted by atomic mass is 10.6. The minimum atomic E-state index is -0.769. The SMILES string of the molecule is C[C@@H](O)Nc1nnc(N[C@@H](C)O)nn1. The van der Waals surface area contributed by atoms with Crippen molar-refractivity contribution in [2.24, 2.45) is 0 Å². The number of aliphatic hydroxyl groups excluding tert-OH is 2. The van der Waals surface area contributed by atoms with Crippen molar-refractivity contribution in [3.63, 3.8) is 0 Å². The molecule has 0 spiro atoms. The van der Waals surface area contributed by atoms with Gasteiger partial charge in [0.2, 0.25) is 0 Å². The van der Waals surface area contributed by atoms with Crippen LogP contribution < -0.4 is 10.6 Å². The Morgan fingerprint density at radius 2 is 1.14 bits per heavy atom. The molecule has 0 bridgehead atoms. The van der Waals surface area contributed by atoms with Crippen LogP contribution in [0.3, 0.4) is 0 Å². The van der Waals surface area contributed by atoms with Gasteiger partial charge in [0.25, 0.3) is 11.9 Å². The third kappa shape index (κ3) is 3.46. The number of aromatic nitrogens is 4. The van der Waals surface area contributed by atoms with Crippen molar-refractivity contribution in [1.29, 1.82) is 0 Å². The van der Waals surface area contributed by atoms with Crippen LogP contribution in [-0.2, 0) is 0 Å². The van der Waals surface area contributed by atoms with Gasteiger partial charge in [-0.1, -0.05) is 0 Å². The zero-order valence-corrected chi connectivity index (χ0v) is 7.84. The minimum absolute atomic E-state index is 0.121. The van der Waals surface area contributed by atoms with Crippen LogP contribution >= 0.6 is 0 Å². The fourth-order valence-corrected chi connectivity index (χ4v) is 0.719. The van der Waals surface area contributed by atoms with E-state index in [1.807, 2.05) is 0 Å². The highest BCUT2D eigenvalue weighted by Gasteiger charge is 2.03. The Balaban J connectivity index is 2.59. The van der Waals surface area contributed by atoms with Crippen LogP contribution in [0.2, 0.25) is 0 Å². The van der Waals surface area contributed by atoms with Gasteiger partial charge in [-0.3, -0.25) is 0 Å². The maximum absolute atomic E-state index is 8.92. The first-order valence-electron chi connectivity index (χ1n) is 4.04. The van der Waals surface area contributed by atoms with E-state index in [4.69, 9.17) is 10.2 Å². The Morgan fingerprint density at radius 1 is 0.857 bits per heavy atom. The van der Waals surface area contributed by atoms with Crippen molar-refractivity contribution >= 4 is 11.9 Å². The lowest BCUT2D eigenvalue weighted by Gasteiger charge is -2.07. The standard InChI is InChI=1S/C6H12N6O2/c1-3(13)7-5-9-11-6(12-10-5)8-4(2)14/h3-4,13-14H,1-2H3,(H,7,9,10)(H,8,11,12)/t3-,4-/m1/s1. The Labute approximate surface area is 80.4 Å². The molecule has 1 aromatic rings. The van der Waals surface area contributed by atoms with Crippen LogP contribution in [0, 0.1) is 0 Å². The first kappa shape index (κ1) is 10.5. The maximum Gasteiger partial charge on any atom is 0.264 e. The molecule has 0 radical (unpaired) electrons. The molecule has 0 aliphatic carbocycles. The summed E-state index contributed by atoms with van der Waals surface area (Å²) < 4.78 is 0. The number of aliphatic hydroxyl groups is 2. The highest BCUT2D eigenvalue weighted by atomic mass is 16.3. The Hall–Kier alpha value is -1.54. The molecule has 0 amide bonds. The Morgan fingerprint density at radius 3 is 1.36 bits per heavy atom. The average molecular weight is 200 g/mol. The molecule has 14 heavy (non-hydrogen) atoms. The summed E-state index contributed by atoms with van der Waals surface area (Å²) >= 11 is 0. The molecular weight excluding hydrogens is 188 g/mol. The van der Waals surface area contributed by atoms with Gasteiger partial charge in [-0.05, 0) is 13.8 Å². The fraction of sp³-hybridized carbons (Fsp3) is 0.667. The normalized spacial score (nSPS) is 14.6. The molecular formula is C6H12N6O2. The molecule has 0 unspecified atom stereocenters. The van der Waals surface area contributed by atoms with Crippen LogP contribution in [0.15, 0.2) is 0 Å². The molecule has 0 aliphatic rings. The molecule has 0 aliphatic heterocycles. The summed E-state index contributed by atoms with van der Waals surface area (Å²) in [6.45, 7) is 3.04. The van der Waals surface area contributed by atoms with Gasteiger partial charge in [-0.2, -0.15) is 0 Å². The van der Waals surface area contributed by atoms with E-state index in [2.05, 4.69) is 31.0 Å². The largest absolute Gasteiger partial charge is 0.374 e. The number of hydrogen-bond acceptors (Lipinski definition) is 8. The summed E-state index contributed by atoms with van der Waals surface area (Å²) in [5, 5.41) is 37.3. The van der Waals surface area contributed by atoms with Crippen LogP contribution in [0.25, 0.3) is 0 Å². The highest BCUT2D eigenvalue weighted by molar-refractivity contribution is 5.25. The summed E-state index contributed by atoms with van der Waals surface area (Å²) in [5.41, 5.74) is 0. The van der Waals surface area contributed by atoms with Crippen LogP contribution in [0.1, 0.15) is 13.8 Å². The fourth-order valence-electron chi connectivity index (χ4n) is 0.719. The van der Waals surface area contributed by atoms with E-state index in [1.54, 1.807) is 0 Å². The van der Waals surface area contributed by atoms with E-state index >= 15 is 0 Å². The zero-order chi connectivity index (χ0) is 10.6. The molecule has 0 aromatic carbocycles. The third-order valence-electron chi connectivity index (χ3n) is 1.15. The van der Waals surface area contributed by atoms with E-state index in [-0.39, 0.29) is 11.9 Å². The summed E-state index contributed by atoms with van der Waals surface area (Å²) in [6, 6.07) is 0. The monoisotopic (exact) mass is 200 g/mol. The van der Waals surface area contributed by atoms with E-state index in [9.17, 15) is 0 Å². The van der Waals surface area contributed by atoms with Crippen molar-refractivity contribution in [2.45, 2.75) is 26.3 Å². The highest BCUT2D eigenvalue weighted by Crippen LogP contribution is 1.98. The number of nitrogens with zero attached hydrogens (tertiary/aromatic N) is 4. The van der Waals surface area contributed by atoms with Crippen molar-refractivity contribution < 1.29 is 10.2 Å². The lowest BCUT2D eigenvalue weighted by Crippen LogP contribution is -2.20. The second-order valence-electron chi connectivity index (χ2n) is 2.69. The number of anilines is 2. The second-order valence-corrected chi connectivity index (χ2v) is 2.69. The number of rotatable bonds is 4. The van der Waals surface area contributed by atoms with Crippen LogP contribution in [0.4, 0.5) is 11.9 Å². The topological polar surface area (TPSA) is 116 Å². The predicted molar refractivity (Wildman–Crippen MR) is 48.2 cm³/mol. The molecule has 8 nitrogen and oxygen atoms in total. The molecule has 2 atom stereocenters. The van der Waals surface area contributed by atoms with E-state index in [1.165, 1.54) is 13.8 Å². The van der Waals surface area contributed by atoms with Gasteiger partial charge in [0.1, 0.15) is 12.5 Å². The molecule has 0 saturated heterocycles. The number of hydrogen-bond donors (Lipinski definition) is 4. The molecule has 0 fully saturated rings. The van der Waals surface area contributed by atoms with Crippen LogP contribution in [0.5, 0.6) is 0 Å². The lowest BCUT2D eigenvalue weighted by molar-refractivity contribution is 0.221. The van der Waals surface area contributed by atoms with E-state index in [0.717, 1.165) is 0 Å². The van der Waals surface area contributed by atoms with Gasteiger partial charge in [0, 0.05) is 0 Å². The van der Waals surface area contributed by atoms with Crippen molar-refractivity contribution in [2.75, 3.05) is 10.6 Å². The average Bonchev–Trinajstić information content (AvgIpc) is 2.06. The zero-order valence-electron chi connectivity index (χ0n) is 7.84. The van der Waals surface area contributed by atoms with Gasteiger partial charge in [-0.15, -0.1) is 20.4 Å². The van der Waals surface area contributed by atoms with Gasteiger partial charge in [0.05, 0.1) is 0 Å². The van der Waals surface area contributed by atoms with Crippen molar-refractivity contribution in [3.8, 4) is 0 Å². The van der Waals surface area contributed by atoms with Crippen LogP contribution in [-0.4, -0.2) is 43.1 Å². The van der Waals surface area contributed by atoms with Crippen molar-refractivity contribution in [1.82, 2.24) is 20.4 Å². The molecule has 1 rings (SSSR count). The quantitative estimate of drug-likeness (QED) is 0.446. The van der Waals surface area contributed by atoms with Gasteiger partial charge < -0.3 is 20.8 Å². The summed E-state index contributed by atoms with van der Waals surface area (Å²) in [7, 11) is 0. The van der Waals surface area contributed by atoms with E-state index in [0.29, 0.717) is 0 Å². The Kier molecular flexibility index (Phi) is 3.48. The number of nitrogens with one attached hydrogen (secondary N) is 2. The summed E-state index contributed by atoms with van der Waals surface area (Å²) in [6.07, 6.45) is -1.54. The summed E-state index contributed by atoms with van der Waals surface area (Å²) in [5.74, 6) is 0.243. The predicted octanol–water partition coefficient (Wildman–Crippen LogP) is -1.23. The van der Waals surface area contributed by atoms with Gasteiger partial charge in [0.15, 0.2) is 0 Å². The molecule has 8 heteroatoms. The molecule has 78 valence electrons. The Bertz CT molecular complexity index is 245. The first-order chi connectivity index (χ1) is 6.58.